The SMILES string of the molecule is CCOC(=O)C1CC(c2ccc(CO)c(OC3CCCC3)c2)=NO1. The molecule has 0 saturated heterocycles. The summed E-state index contributed by atoms with van der Waals surface area (Å²) in [6, 6.07) is 5.57. The van der Waals surface area contributed by atoms with Crippen LogP contribution in [0.4, 0.5) is 0 Å². The van der Waals surface area contributed by atoms with E-state index in [1.54, 1.807) is 6.92 Å². The van der Waals surface area contributed by atoms with Crippen molar-refractivity contribution in [3.05, 3.63) is 29.3 Å². The highest BCUT2D eigenvalue weighted by Crippen LogP contribution is 2.29. The quantitative estimate of drug-likeness (QED) is 0.810. The molecule has 1 aliphatic carbocycles. The summed E-state index contributed by atoms with van der Waals surface area (Å²) in [4.78, 5) is 16.9. The van der Waals surface area contributed by atoms with Gasteiger partial charge in [0.25, 0.3) is 0 Å². The summed E-state index contributed by atoms with van der Waals surface area (Å²) in [5, 5.41) is 13.5. The van der Waals surface area contributed by atoms with Gasteiger partial charge in [-0.15, -0.1) is 0 Å². The Morgan fingerprint density at radius 3 is 2.88 bits per heavy atom. The molecular formula is C18H23NO5. The first kappa shape index (κ1) is 16.8. The first-order valence-corrected chi connectivity index (χ1v) is 8.51. The summed E-state index contributed by atoms with van der Waals surface area (Å²) in [5.74, 6) is 0.287. The minimum absolute atomic E-state index is 0.0727. The highest BCUT2D eigenvalue weighted by molar-refractivity contribution is 6.03. The van der Waals surface area contributed by atoms with Gasteiger partial charge in [0.15, 0.2) is 0 Å². The smallest absolute Gasteiger partial charge is 0.350 e. The van der Waals surface area contributed by atoms with Crippen molar-refractivity contribution in [2.45, 2.75) is 57.8 Å². The fourth-order valence-electron chi connectivity index (χ4n) is 3.07. The Labute approximate surface area is 141 Å². The van der Waals surface area contributed by atoms with E-state index in [1.807, 2.05) is 18.2 Å². The third-order valence-electron chi connectivity index (χ3n) is 4.38. The van der Waals surface area contributed by atoms with Crippen LogP contribution in [-0.4, -0.2) is 35.6 Å². The minimum atomic E-state index is -0.684. The largest absolute Gasteiger partial charge is 0.490 e. The van der Waals surface area contributed by atoms with Crippen molar-refractivity contribution in [2.24, 2.45) is 5.16 Å². The molecule has 1 fully saturated rings. The summed E-state index contributed by atoms with van der Waals surface area (Å²) < 4.78 is 11.0. The van der Waals surface area contributed by atoms with Crippen LogP contribution in [0.2, 0.25) is 0 Å². The van der Waals surface area contributed by atoms with Crippen LogP contribution in [-0.2, 0) is 21.0 Å². The molecule has 130 valence electrons. The maximum absolute atomic E-state index is 11.7. The predicted molar refractivity (Wildman–Crippen MR) is 87.9 cm³/mol. The number of benzene rings is 1. The van der Waals surface area contributed by atoms with Gasteiger partial charge in [-0.1, -0.05) is 17.3 Å². The summed E-state index contributed by atoms with van der Waals surface area (Å²) in [6.07, 6.45) is 4.35. The van der Waals surface area contributed by atoms with E-state index in [0.29, 0.717) is 24.5 Å². The number of oxime groups is 1. The lowest BCUT2D eigenvalue weighted by atomic mass is 10.0. The molecule has 6 heteroatoms. The third kappa shape index (κ3) is 3.70. The molecule has 1 heterocycles. The van der Waals surface area contributed by atoms with Crippen LogP contribution in [0.1, 0.15) is 50.2 Å². The molecule has 0 aromatic heterocycles. The van der Waals surface area contributed by atoms with Gasteiger partial charge < -0.3 is 19.4 Å². The van der Waals surface area contributed by atoms with Crippen LogP contribution < -0.4 is 4.74 Å². The number of esters is 1. The van der Waals surface area contributed by atoms with Gasteiger partial charge in [0.2, 0.25) is 6.10 Å². The fourth-order valence-corrected chi connectivity index (χ4v) is 3.07. The van der Waals surface area contributed by atoms with Crippen LogP contribution in [0.5, 0.6) is 5.75 Å². The highest BCUT2D eigenvalue weighted by atomic mass is 16.7. The van der Waals surface area contributed by atoms with Crippen LogP contribution in [0, 0.1) is 0 Å². The molecule has 1 atom stereocenters. The first-order chi connectivity index (χ1) is 11.7. The lowest BCUT2D eigenvalue weighted by Gasteiger charge is -2.16. The van der Waals surface area contributed by atoms with Gasteiger partial charge in [0, 0.05) is 17.5 Å². The molecule has 1 N–H and O–H groups in total. The average Bonchev–Trinajstić information content (AvgIpc) is 3.27. The van der Waals surface area contributed by atoms with Crippen molar-refractivity contribution in [1.82, 2.24) is 0 Å². The van der Waals surface area contributed by atoms with Gasteiger partial charge in [-0.3, -0.25) is 0 Å². The third-order valence-corrected chi connectivity index (χ3v) is 4.38. The fraction of sp³-hybridized carbons (Fsp3) is 0.556. The first-order valence-electron chi connectivity index (χ1n) is 8.51. The topological polar surface area (TPSA) is 77.4 Å². The zero-order valence-corrected chi connectivity index (χ0v) is 13.9. The molecule has 1 aromatic carbocycles. The molecule has 0 spiro atoms. The number of nitrogens with zero attached hydrogens (tertiary/aromatic N) is 1. The van der Waals surface area contributed by atoms with Crippen molar-refractivity contribution in [3.8, 4) is 5.75 Å². The van der Waals surface area contributed by atoms with E-state index in [-0.39, 0.29) is 12.7 Å². The monoisotopic (exact) mass is 333 g/mol. The van der Waals surface area contributed by atoms with Crippen LogP contribution in [0.15, 0.2) is 23.4 Å². The van der Waals surface area contributed by atoms with Crippen molar-refractivity contribution in [2.75, 3.05) is 6.61 Å². The number of carbonyl (C=O) groups excluding carboxylic acids is 1. The van der Waals surface area contributed by atoms with Gasteiger partial charge >= 0.3 is 5.97 Å². The predicted octanol–water partition coefficient (Wildman–Crippen LogP) is 2.56. The highest BCUT2D eigenvalue weighted by Gasteiger charge is 2.30. The second-order valence-electron chi connectivity index (χ2n) is 6.09. The van der Waals surface area contributed by atoms with E-state index in [9.17, 15) is 9.90 Å². The van der Waals surface area contributed by atoms with E-state index in [4.69, 9.17) is 14.3 Å². The lowest BCUT2D eigenvalue weighted by molar-refractivity contribution is -0.154. The second kappa shape index (κ2) is 7.66. The van der Waals surface area contributed by atoms with E-state index >= 15 is 0 Å². The Bertz CT molecular complexity index is 622. The Balaban J connectivity index is 1.73. The van der Waals surface area contributed by atoms with Gasteiger partial charge in [-0.25, -0.2) is 4.79 Å². The van der Waals surface area contributed by atoms with Crippen molar-refractivity contribution < 1.29 is 24.2 Å². The molecule has 6 nitrogen and oxygen atoms in total. The molecule has 24 heavy (non-hydrogen) atoms. The zero-order chi connectivity index (χ0) is 16.9. The summed E-state index contributed by atoms with van der Waals surface area (Å²) in [5.41, 5.74) is 2.29. The molecule has 0 bridgehead atoms. The molecule has 2 aliphatic rings. The lowest BCUT2D eigenvalue weighted by Crippen LogP contribution is -2.23. The molecule has 1 aliphatic heterocycles. The maximum atomic E-state index is 11.7. The average molecular weight is 333 g/mol. The van der Waals surface area contributed by atoms with Crippen LogP contribution in [0.25, 0.3) is 0 Å². The number of hydrogen-bond acceptors (Lipinski definition) is 6. The van der Waals surface area contributed by atoms with Gasteiger partial charge in [0.1, 0.15) is 5.75 Å². The Morgan fingerprint density at radius 1 is 1.38 bits per heavy atom. The molecule has 1 unspecified atom stereocenters. The maximum Gasteiger partial charge on any atom is 0.350 e. The zero-order valence-electron chi connectivity index (χ0n) is 13.9. The van der Waals surface area contributed by atoms with Crippen molar-refractivity contribution in [1.29, 1.82) is 0 Å². The Morgan fingerprint density at radius 2 is 2.17 bits per heavy atom. The molecule has 1 saturated carbocycles. The number of hydrogen-bond donors (Lipinski definition) is 1. The van der Waals surface area contributed by atoms with E-state index in [2.05, 4.69) is 5.16 Å². The van der Waals surface area contributed by atoms with Gasteiger partial charge in [-0.05, 0) is 38.7 Å². The molecule has 3 rings (SSSR count). The molecular weight excluding hydrogens is 310 g/mol. The molecule has 1 aromatic rings. The summed E-state index contributed by atoms with van der Waals surface area (Å²) in [7, 11) is 0. The van der Waals surface area contributed by atoms with Crippen LogP contribution in [0.3, 0.4) is 0 Å². The van der Waals surface area contributed by atoms with Crippen molar-refractivity contribution >= 4 is 11.7 Å². The van der Waals surface area contributed by atoms with E-state index in [0.717, 1.165) is 24.0 Å². The number of ether oxygens (including phenoxy) is 2. The van der Waals surface area contributed by atoms with E-state index < -0.39 is 12.1 Å². The second-order valence-corrected chi connectivity index (χ2v) is 6.09. The number of rotatable bonds is 6. The summed E-state index contributed by atoms with van der Waals surface area (Å²) >= 11 is 0. The van der Waals surface area contributed by atoms with Gasteiger partial charge in [0.05, 0.1) is 25.0 Å². The number of aliphatic hydroxyl groups is 1. The molecule has 0 amide bonds. The van der Waals surface area contributed by atoms with Gasteiger partial charge in [-0.2, -0.15) is 0 Å². The summed E-state index contributed by atoms with van der Waals surface area (Å²) in [6.45, 7) is 2.00. The van der Waals surface area contributed by atoms with E-state index in [1.165, 1.54) is 12.8 Å². The van der Waals surface area contributed by atoms with Crippen LogP contribution >= 0.6 is 0 Å². The number of aliphatic hydroxyl groups excluding tert-OH is 1. The Hall–Kier alpha value is -2.08. The standard InChI is InChI=1S/C18H23NO5/c1-2-22-18(21)17-10-15(19-24-17)12-7-8-13(11-20)16(9-12)23-14-5-3-4-6-14/h7-9,14,17,20H,2-6,10-11H2,1H3. The molecule has 0 radical (unpaired) electrons. The van der Waals surface area contributed by atoms with Crippen molar-refractivity contribution in [3.63, 3.8) is 0 Å². The minimum Gasteiger partial charge on any atom is -0.490 e. The Kier molecular flexibility index (Phi) is 5.35. The normalized spacial score (nSPS) is 20.6. The number of carbonyl (C=O) groups is 1.